The Kier molecular flexibility index (Phi) is 8.61. The number of nitrogens with one attached hydrogen (secondary N) is 1. The van der Waals surface area contributed by atoms with Crippen molar-refractivity contribution in [3.63, 3.8) is 0 Å². The molecule has 2 aliphatic heterocycles. The third-order valence-corrected chi connectivity index (χ3v) is 8.38. The summed E-state index contributed by atoms with van der Waals surface area (Å²) in [5, 5.41) is 13.6. The molecular weight excluding hydrogens is 485 g/mol. The van der Waals surface area contributed by atoms with Crippen LogP contribution in [0.2, 0.25) is 0 Å². The van der Waals surface area contributed by atoms with Gasteiger partial charge in [0, 0.05) is 30.8 Å². The van der Waals surface area contributed by atoms with Crippen molar-refractivity contribution in [1.29, 1.82) is 0 Å². The first kappa shape index (κ1) is 27.0. The maximum Gasteiger partial charge on any atom is 0.325 e. The van der Waals surface area contributed by atoms with Crippen LogP contribution in [0.3, 0.4) is 0 Å². The van der Waals surface area contributed by atoms with Gasteiger partial charge in [0.1, 0.15) is 17.7 Å². The lowest BCUT2D eigenvalue weighted by Crippen LogP contribution is -2.39. The van der Waals surface area contributed by atoms with E-state index >= 15 is 0 Å². The van der Waals surface area contributed by atoms with Crippen LogP contribution in [0.5, 0.6) is 0 Å². The van der Waals surface area contributed by atoms with Crippen LogP contribution in [0.1, 0.15) is 85.4 Å². The first-order valence-electron chi connectivity index (χ1n) is 14.1. The molecule has 3 heterocycles. The number of pyridine rings is 1. The van der Waals surface area contributed by atoms with Gasteiger partial charge in [-0.1, -0.05) is 13.0 Å². The highest BCUT2D eigenvalue weighted by molar-refractivity contribution is 5.76. The molecule has 4 atom stereocenters. The van der Waals surface area contributed by atoms with Crippen molar-refractivity contribution < 1.29 is 23.8 Å². The third kappa shape index (κ3) is 6.03. The first-order valence-corrected chi connectivity index (χ1v) is 14.1. The zero-order valence-corrected chi connectivity index (χ0v) is 22.5. The Bertz CT molecular complexity index is 1140. The standard InChI is InChI=1S/C30H40FN3O4/c1-19-17-37-18-21-14-22(31)15-26(27(19)21)28(30(35)36)34(2)24-10-11-25(16-24)38-13-4-3-7-23-9-8-20-6-5-12-32-29(20)33-23/h8-9,14-15,19,24-25,28H,3-7,10-13,16-18H2,1-2H3,(H,32,33)(H,35,36)/t19-,24-,25-,28+/m0/s1. The first-order chi connectivity index (χ1) is 18.4. The summed E-state index contributed by atoms with van der Waals surface area (Å²) in [5.74, 6) is -0.288. The van der Waals surface area contributed by atoms with Gasteiger partial charge >= 0.3 is 5.97 Å². The molecule has 1 aliphatic carbocycles. The highest BCUT2D eigenvalue weighted by Gasteiger charge is 2.38. The van der Waals surface area contributed by atoms with Crippen LogP contribution in [0, 0.1) is 5.82 Å². The van der Waals surface area contributed by atoms with Crippen LogP contribution in [0.25, 0.3) is 0 Å². The SMILES string of the molecule is C[C@H]1COCc2cc(F)cc([C@H](C(=O)O)N(C)[C@H]3CC[C@H](OCCCCc4ccc5c(n4)NCCC5)C3)c21. The number of unbranched alkanes of at least 4 members (excludes halogenated alkanes) is 1. The van der Waals surface area contributed by atoms with Crippen LogP contribution in [0.4, 0.5) is 10.2 Å². The average molecular weight is 526 g/mol. The number of benzene rings is 1. The van der Waals surface area contributed by atoms with Gasteiger partial charge in [-0.05, 0) is 98.9 Å². The predicted octanol–water partition coefficient (Wildman–Crippen LogP) is 5.23. The molecule has 38 heavy (non-hydrogen) atoms. The average Bonchev–Trinajstić information content (AvgIpc) is 3.37. The predicted molar refractivity (Wildman–Crippen MR) is 144 cm³/mol. The fourth-order valence-corrected chi connectivity index (χ4v) is 6.42. The number of aliphatic carboxylic acids is 1. The Morgan fingerprint density at radius 1 is 1.29 bits per heavy atom. The van der Waals surface area contributed by atoms with Crippen molar-refractivity contribution in [3.8, 4) is 0 Å². The Morgan fingerprint density at radius 2 is 2.16 bits per heavy atom. The van der Waals surface area contributed by atoms with E-state index in [2.05, 4.69) is 17.4 Å². The van der Waals surface area contributed by atoms with Crippen LogP contribution in [-0.2, 0) is 33.7 Å². The normalized spacial score (nSPS) is 23.5. The maximum atomic E-state index is 14.5. The van der Waals surface area contributed by atoms with Gasteiger partial charge < -0.3 is 19.9 Å². The summed E-state index contributed by atoms with van der Waals surface area (Å²) >= 11 is 0. The number of nitrogens with zero attached hydrogens (tertiary/aromatic N) is 2. The van der Waals surface area contributed by atoms with E-state index in [0.717, 1.165) is 74.1 Å². The monoisotopic (exact) mass is 525 g/mol. The molecule has 8 heteroatoms. The van der Waals surface area contributed by atoms with Crippen molar-refractivity contribution in [2.75, 3.05) is 32.1 Å². The molecule has 1 saturated carbocycles. The fourth-order valence-electron chi connectivity index (χ4n) is 6.42. The van der Waals surface area contributed by atoms with E-state index in [4.69, 9.17) is 14.5 Å². The number of aryl methyl sites for hydroxylation is 2. The van der Waals surface area contributed by atoms with Gasteiger partial charge in [-0.3, -0.25) is 9.69 Å². The van der Waals surface area contributed by atoms with E-state index in [0.29, 0.717) is 25.4 Å². The molecule has 1 fully saturated rings. The zero-order chi connectivity index (χ0) is 26.6. The second-order valence-corrected chi connectivity index (χ2v) is 11.1. The molecular formula is C30H40FN3O4. The van der Waals surface area contributed by atoms with Gasteiger partial charge in [-0.25, -0.2) is 9.37 Å². The number of anilines is 1. The lowest BCUT2D eigenvalue weighted by Gasteiger charge is -2.34. The van der Waals surface area contributed by atoms with E-state index in [1.807, 2.05) is 18.9 Å². The van der Waals surface area contributed by atoms with Crippen LogP contribution >= 0.6 is 0 Å². The number of carbonyl (C=O) groups is 1. The Hall–Kier alpha value is -2.55. The molecule has 0 amide bonds. The minimum atomic E-state index is -0.950. The van der Waals surface area contributed by atoms with Gasteiger partial charge in [0.25, 0.3) is 0 Å². The molecule has 2 aromatic rings. The van der Waals surface area contributed by atoms with Gasteiger partial charge in [-0.15, -0.1) is 0 Å². The van der Waals surface area contributed by atoms with Gasteiger partial charge in [-0.2, -0.15) is 0 Å². The number of hydrogen-bond acceptors (Lipinski definition) is 6. The number of aromatic nitrogens is 1. The molecule has 0 spiro atoms. The van der Waals surface area contributed by atoms with Gasteiger partial charge in [0.15, 0.2) is 0 Å². The number of carboxylic acid groups (broad SMARTS) is 1. The van der Waals surface area contributed by atoms with Crippen molar-refractivity contribution in [2.45, 2.75) is 89.0 Å². The Balaban J connectivity index is 1.13. The maximum absolute atomic E-state index is 14.5. The van der Waals surface area contributed by atoms with Crippen LogP contribution in [0.15, 0.2) is 24.3 Å². The van der Waals surface area contributed by atoms with Crippen molar-refractivity contribution >= 4 is 11.8 Å². The molecule has 0 bridgehead atoms. The molecule has 206 valence electrons. The topological polar surface area (TPSA) is 83.9 Å². The Labute approximate surface area is 224 Å². The fraction of sp³-hybridized carbons (Fsp3) is 0.600. The van der Waals surface area contributed by atoms with Crippen molar-refractivity contribution in [3.05, 3.63) is 58.0 Å². The van der Waals surface area contributed by atoms with E-state index < -0.39 is 17.8 Å². The second-order valence-electron chi connectivity index (χ2n) is 11.1. The van der Waals surface area contributed by atoms with Crippen LogP contribution in [-0.4, -0.2) is 59.9 Å². The quantitative estimate of drug-likeness (QED) is 0.411. The number of halogens is 1. The molecule has 1 aromatic heterocycles. The lowest BCUT2D eigenvalue weighted by molar-refractivity contribution is -0.144. The summed E-state index contributed by atoms with van der Waals surface area (Å²) in [5.41, 5.74) is 4.68. The number of ether oxygens (including phenoxy) is 2. The largest absolute Gasteiger partial charge is 0.480 e. The molecule has 1 aromatic carbocycles. The summed E-state index contributed by atoms with van der Waals surface area (Å²) in [6.45, 7) is 4.54. The summed E-state index contributed by atoms with van der Waals surface area (Å²) in [7, 11) is 1.85. The number of hydrogen-bond donors (Lipinski definition) is 2. The molecule has 0 radical (unpaired) electrons. The highest BCUT2D eigenvalue weighted by Crippen LogP contribution is 2.38. The van der Waals surface area contributed by atoms with Crippen molar-refractivity contribution in [2.24, 2.45) is 0 Å². The highest BCUT2D eigenvalue weighted by atomic mass is 19.1. The van der Waals surface area contributed by atoms with E-state index in [1.54, 1.807) is 0 Å². The number of rotatable bonds is 10. The summed E-state index contributed by atoms with van der Waals surface area (Å²) < 4.78 is 26.3. The smallest absolute Gasteiger partial charge is 0.325 e. The van der Waals surface area contributed by atoms with Crippen LogP contribution < -0.4 is 5.32 Å². The molecule has 5 rings (SSSR count). The van der Waals surface area contributed by atoms with E-state index in [9.17, 15) is 14.3 Å². The number of fused-ring (bicyclic) bond motifs is 2. The molecule has 2 N–H and O–H groups in total. The second kappa shape index (κ2) is 12.1. The third-order valence-electron chi connectivity index (χ3n) is 8.38. The number of likely N-dealkylation sites (N-methyl/N-ethyl adjacent to an activating group) is 1. The lowest BCUT2D eigenvalue weighted by atomic mass is 9.86. The minimum Gasteiger partial charge on any atom is -0.480 e. The Morgan fingerprint density at radius 3 is 3.00 bits per heavy atom. The molecule has 0 saturated heterocycles. The zero-order valence-electron chi connectivity index (χ0n) is 22.5. The van der Waals surface area contributed by atoms with Gasteiger partial charge in [0.05, 0.1) is 19.3 Å². The van der Waals surface area contributed by atoms with E-state index in [1.165, 1.54) is 24.1 Å². The minimum absolute atomic E-state index is 0.0250. The summed E-state index contributed by atoms with van der Waals surface area (Å²) in [6.07, 6.45) is 7.89. The molecule has 0 unspecified atom stereocenters. The molecule has 7 nitrogen and oxygen atoms in total. The molecule has 3 aliphatic rings. The summed E-state index contributed by atoms with van der Waals surface area (Å²) in [6, 6.07) is 6.41. The number of carboxylic acids is 1. The van der Waals surface area contributed by atoms with Crippen molar-refractivity contribution in [1.82, 2.24) is 9.88 Å². The van der Waals surface area contributed by atoms with E-state index in [-0.39, 0.29) is 18.1 Å². The summed E-state index contributed by atoms with van der Waals surface area (Å²) in [4.78, 5) is 19.2. The van der Waals surface area contributed by atoms with Gasteiger partial charge in [0.2, 0.25) is 0 Å².